The lowest BCUT2D eigenvalue weighted by atomic mass is 10.2. The van der Waals surface area contributed by atoms with Gasteiger partial charge in [0.2, 0.25) is 0 Å². The van der Waals surface area contributed by atoms with Gasteiger partial charge in [-0.3, -0.25) is 4.79 Å². The molecular weight excluding hydrogens is 302 g/mol. The van der Waals surface area contributed by atoms with E-state index in [0.717, 1.165) is 16.5 Å². The fraction of sp³-hybridized carbons (Fsp3) is 0. The molecule has 0 atom stereocenters. The number of nitrogens with zero attached hydrogens (tertiary/aromatic N) is 1. The largest absolute Gasteiger partial charge is 0.507 e. The second-order valence-corrected chi connectivity index (χ2v) is 5.09. The van der Waals surface area contributed by atoms with Crippen molar-refractivity contribution in [1.29, 1.82) is 0 Å². The summed E-state index contributed by atoms with van der Waals surface area (Å²) in [5.41, 5.74) is 4.28. The van der Waals surface area contributed by atoms with Gasteiger partial charge in [-0.15, -0.1) is 0 Å². The molecule has 3 aromatic rings. The minimum absolute atomic E-state index is 0.0728. The van der Waals surface area contributed by atoms with Crippen molar-refractivity contribution in [2.24, 2.45) is 5.10 Å². The van der Waals surface area contributed by atoms with Crippen LogP contribution in [0.1, 0.15) is 15.9 Å². The molecule has 0 aliphatic carbocycles. The minimum atomic E-state index is -0.531. The Hall–Kier alpha value is -2.79. The normalized spacial score (nSPS) is 11.1. The highest BCUT2D eigenvalue weighted by molar-refractivity contribution is 6.31. The van der Waals surface area contributed by atoms with Crippen molar-refractivity contribution >= 4 is 34.6 Å². The standard InChI is InChI=1S/C16H12ClN3O2/c17-11-5-6-15(21)13(7-11)16(22)20-19-9-10-8-18-14-4-2-1-3-12(10)14/h1-9,18,21H,(H,20,22). The van der Waals surface area contributed by atoms with Crippen LogP contribution in [-0.2, 0) is 0 Å². The Kier molecular flexibility index (Phi) is 3.80. The van der Waals surface area contributed by atoms with E-state index in [0.29, 0.717) is 5.02 Å². The average Bonchev–Trinajstić information content (AvgIpc) is 2.93. The maximum absolute atomic E-state index is 12.0. The van der Waals surface area contributed by atoms with Gasteiger partial charge in [0.1, 0.15) is 5.75 Å². The van der Waals surface area contributed by atoms with Gasteiger partial charge in [-0.1, -0.05) is 29.8 Å². The molecule has 110 valence electrons. The number of H-pyrrole nitrogens is 1. The van der Waals surface area contributed by atoms with E-state index in [2.05, 4.69) is 15.5 Å². The number of benzene rings is 2. The van der Waals surface area contributed by atoms with E-state index in [4.69, 9.17) is 11.6 Å². The minimum Gasteiger partial charge on any atom is -0.507 e. The molecule has 0 fully saturated rings. The number of carbonyl (C=O) groups is 1. The molecular formula is C16H12ClN3O2. The summed E-state index contributed by atoms with van der Waals surface area (Å²) < 4.78 is 0. The smallest absolute Gasteiger partial charge is 0.275 e. The van der Waals surface area contributed by atoms with Crippen molar-refractivity contribution in [2.75, 3.05) is 0 Å². The van der Waals surface area contributed by atoms with Crippen molar-refractivity contribution in [2.45, 2.75) is 0 Å². The van der Waals surface area contributed by atoms with Crippen LogP contribution in [0.5, 0.6) is 5.75 Å². The van der Waals surface area contributed by atoms with Crippen molar-refractivity contribution in [3.05, 3.63) is 64.8 Å². The first-order chi connectivity index (χ1) is 10.6. The first kappa shape index (κ1) is 14.2. The predicted octanol–water partition coefficient (Wildman–Crippen LogP) is 3.29. The summed E-state index contributed by atoms with van der Waals surface area (Å²) in [6.45, 7) is 0. The first-order valence-corrected chi connectivity index (χ1v) is 6.91. The topological polar surface area (TPSA) is 77.5 Å². The number of phenols is 1. The number of halogens is 1. The van der Waals surface area contributed by atoms with Crippen molar-refractivity contribution in [3.63, 3.8) is 0 Å². The predicted molar refractivity (Wildman–Crippen MR) is 86.5 cm³/mol. The van der Waals surface area contributed by atoms with Crippen LogP contribution in [-0.4, -0.2) is 22.2 Å². The second-order valence-electron chi connectivity index (χ2n) is 4.65. The number of aromatic nitrogens is 1. The molecule has 0 aliphatic heterocycles. The zero-order chi connectivity index (χ0) is 15.5. The maximum Gasteiger partial charge on any atom is 0.275 e. The van der Waals surface area contributed by atoms with E-state index < -0.39 is 5.91 Å². The lowest BCUT2D eigenvalue weighted by molar-refractivity contribution is 0.0952. The number of fused-ring (bicyclic) bond motifs is 1. The number of amides is 1. The molecule has 3 N–H and O–H groups in total. The van der Waals surface area contributed by atoms with Crippen molar-refractivity contribution in [1.82, 2.24) is 10.4 Å². The Morgan fingerprint density at radius 1 is 1.27 bits per heavy atom. The van der Waals surface area contributed by atoms with E-state index in [-0.39, 0.29) is 11.3 Å². The van der Waals surface area contributed by atoms with Gasteiger partial charge in [-0.25, -0.2) is 5.43 Å². The van der Waals surface area contributed by atoms with Crippen LogP contribution in [0.15, 0.2) is 53.8 Å². The molecule has 1 amide bonds. The summed E-state index contributed by atoms with van der Waals surface area (Å²) in [7, 11) is 0. The van der Waals surface area contributed by atoms with Crippen LogP contribution >= 0.6 is 11.6 Å². The third kappa shape index (κ3) is 2.80. The summed E-state index contributed by atoms with van der Waals surface area (Å²) in [6.07, 6.45) is 3.34. The maximum atomic E-state index is 12.0. The molecule has 2 aromatic carbocycles. The molecule has 6 heteroatoms. The quantitative estimate of drug-likeness (QED) is 0.512. The number of para-hydroxylation sites is 1. The molecule has 0 saturated carbocycles. The second kappa shape index (κ2) is 5.91. The van der Waals surface area contributed by atoms with Crippen LogP contribution in [0.2, 0.25) is 5.02 Å². The number of nitrogens with one attached hydrogen (secondary N) is 2. The Bertz CT molecular complexity index is 871. The van der Waals surface area contributed by atoms with Crippen LogP contribution in [0.3, 0.4) is 0 Å². The number of rotatable bonds is 3. The van der Waals surface area contributed by atoms with Gasteiger partial charge < -0.3 is 10.1 Å². The summed E-state index contributed by atoms with van der Waals surface area (Å²) >= 11 is 5.81. The first-order valence-electron chi connectivity index (χ1n) is 6.53. The molecule has 3 rings (SSSR count). The molecule has 1 aromatic heterocycles. The number of aromatic hydroxyl groups is 1. The van der Waals surface area contributed by atoms with Gasteiger partial charge in [-0.05, 0) is 24.3 Å². The fourth-order valence-electron chi connectivity index (χ4n) is 2.11. The van der Waals surface area contributed by atoms with Gasteiger partial charge in [0.05, 0.1) is 11.8 Å². The van der Waals surface area contributed by atoms with E-state index >= 15 is 0 Å². The highest BCUT2D eigenvalue weighted by Gasteiger charge is 2.10. The Morgan fingerprint density at radius 2 is 2.09 bits per heavy atom. The van der Waals surface area contributed by atoms with Crippen LogP contribution in [0, 0.1) is 0 Å². The molecule has 0 aliphatic rings. The van der Waals surface area contributed by atoms with E-state index in [9.17, 15) is 9.90 Å². The molecule has 0 bridgehead atoms. The van der Waals surface area contributed by atoms with Crippen LogP contribution in [0.25, 0.3) is 10.9 Å². The lowest BCUT2D eigenvalue weighted by Gasteiger charge is -2.03. The third-order valence-electron chi connectivity index (χ3n) is 3.19. The monoisotopic (exact) mass is 313 g/mol. The zero-order valence-corrected chi connectivity index (χ0v) is 12.1. The summed E-state index contributed by atoms with van der Waals surface area (Å²) in [4.78, 5) is 15.1. The number of hydrazone groups is 1. The Balaban J connectivity index is 1.77. The lowest BCUT2D eigenvalue weighted by Crippen LogP contribution is -2.17. The average molecular weight is 314 g/mol. The van der Waals surface area contributed by atoms with E-state index in [1.165, 1.54) is 18.2 Å². The number of hydrogen-bond acceptors (Lipinski definition) is 3. The Morgan fingerprint density at radius 3 is 2.95 bits per heavy atom. The highest BCUT2D eigenvalue weighted by atomic mass is 35.5. The third-order valence-corrected chi connectivity index (χ3v) is 3.43. The summed E-state index contributed by atoms with van der Waals surface area (Å²) in [6, 6.07) is 12.0. The number of hydrogen-bond donors (Lipinski definition) is 3. The SMILES string of the molecule is O=C(NN=Cc1c[nH]c2ccccc12)c1cc(Cl)ccc1O. The zero-order valence-electron chi connectivity index (χ0n) is 11.4. The van der Waals surface area contributed by atoms with E-state index in [1.54, 1.807) is 12.4 Å². The molecule has 0 unspecified atom stereocenters. The number of phenolic OH excluding ortho intramolecular Hbond substituents is 1. The highest BCUT2D eigenvalue weighted by Crippen LogP contribution is 2.21. The molecule has 22 heavy (non-hydrogen) atoms. The molecule has 0 spiro atoms. The van der Waals surface area contributed by atoms with Crippen molar-refractivity contribution in [3.8, 4) is 5.75 Å². The number of carbonyl (C=O) groups excluding carboxylic acids is 1. The summed E-state index contributed by atoms with van der Waals surface area (Å²) in [5, 5.41) is 14.9. The fourth-order valence-corrected chi connectivity index (χ4v) is 2.28. The molecule has 1 heterocycles. The van der Waals surface area contributed by atoms with E-state index in [1.807, 2.05) is 24.3 Å². The molecule has 0 radical (unpaired) electrons. The molecule has 0 saturated heterocycles. The van der Waals surface area contributed by atoms with Crippen LogP contribution in [0.4, 0.5) is 0 Å². The van der Waals surface area contributed by atoms with Crippen molar-refractivity contribution < 1.29 is 9.90 Å². The van der Waals surface area contributed by atoms with Gasteiger partial charge in [0.25, 0.3) is 5.91 Å². The Labute approximate surface area is 131 Å². The van der Waals surface area contributed by atoms with Gasteiger partial charge >= 0.3 is 0 Å². The van der Waals surface area contributed by atoms with Gasteiger partial charge in [0.15, 0.2) is 0 Å². The van der Waals surface area contributed by atoms with Gasteiger partial charge in [0, 0.05) is 27.7 Å². The van der Waals surface area contributed by atoms with Crippen LogP contribution < -0.4 is 5.43 Å². The summed E-state index contributed by atoms with van der Waals surface area (Å²) in [5.74, 6) is -0.680. The van der Waals surface area contributed by atoms with Gasteiger partial charge in [-0.2, -0.15) is 5.10 Å². The number of aromatic amines is 1. The molecule has 5 nitrogen and oxygen atoms in total.